The van der Waals surface area contributed by atoms with Crippen molar-refractivity contribution in [3.05, 3.63) is 0 Å². The van der Waals surface area contributed by atoms with Gasteiger partial charge in [0.1, 0.15) is 0 Å². The first-order valence-electron chi connectivity index (χ1n) is 6.40. The molecule has 2 heteroatoms. The number of rotatable bonds is 8. The van der Waals surface area contributed by atoms with E-state index >= 15 is 0 Å². The molecule has 0 aromatic heterocycles. The van der Waals surface area contributed by atoms with Crippen LogP contribution in [0.1, 0.15) is 53.4 Å². The monoisotopic (exact) mass is 214 g/mol. The second-order valence-electron chi connectivity index (χ2n) is 5.73. The van der Waals surface area contributed by atoms with Crippen molar-refractivity contribution in [3.8, 4) is 0 Å². The third-order valence-corrected chi connectivity index (χ3v) is 2.77. The minimum Gasteiger partial charge on any atom is -0.330 e. The Balaban J connectivity index is 3.36. The van der Waals surface area contributed by atoms with Crippen molar-refractivity contribution in [2.24, 2.45) is 17.1 Å². The van der Waals surface area contributed by atoms with E-state index < -0.39 is 0 Å². The van der Waals surface area contributed by atoms with Crippen LogP contribution >= 0.6 is 0 Å². The van der Waals surface area contributed by atoms with Crippen LogP contribution in [0.25, 0.3) is 0 Å². The Morgan fingerprint density at radius 2 is 1.87 bits per heavy atom. The molecule has 1 unspecified atom stereocenters. The van der Waals surface area contributed by atoms with Crippen molar-refractivity contribution < 1.29 is 0 Å². The van der Waals surface area contributed by atoms with Crippen LogP contribution in [0, 0.1) is 11.3 Å². The van der Waals surface area contributed by atoms with Crippen LogP contribution in [-0.2, 0) is 0 Å². The number of nitrogens with one attached hydrogen (secondary N) is 1. The smallest absolute Gasteiger partial charge is 0.0000126 e. The van der Waals surface area contributed by atoms with E-state index in [-0.39, 0.29) is 0 Å². The van der Waals surface area contributed by atoms with Crippen LogP contribution in [0.3, 0.4) is 0 Å². The van der Waals surface area contributed by atoms with Crippen LogP contribution in [0.2, 0.25) is 0 Å². The summed E-state index contributed by atoms with van der Waals surface area (Å²) in [6.45, 7) is 12.2. The molecule has 92 valence electrons. The molecule has 0 heterocycles. The maximum Gasteiger partial charge on any atom is -0.0000126 e. The molecule has 2 nitrogen and oxygen atoms in total. The van der Waals surface area contributed by atoms with Crippen molar-refractivity contribution in [3.63, 3.8) is 0 Å². The van der Waals surface area contributed by atoms with Crippen molar-refractivity contribution in [2.75, 3.05) is 19.6 Å². The normalized spacial score (nSPS) is 14.2. The first-order valence-corrected chi connectivity index (χ1v) is 6.40. The van der Waals surface area contributed by atoms with Crippen molar-refractivity contribution in [1.82, 2.24) is 5.32 Å². The van der Waals surface area contributed by atoms with E-state index in [0.29, 0.717) is 5.41 Å². The highest BCUT2D eigenvalue weighted by atomic mass is 14.9. The Hall–Kier alpha value is -0.0800. The highest BCUT2D eigenvalue weighted by Gasteiger charge is 2.09. The molecule has 0 saturated heterocycles. The topological polar surface area (TPSA) is 38.0 Å². The van der Waals surface area contributed by atoms with Gasteiger partial charge in [-0.05, 0) is 50.2 Å². The summed E-state index contributed by atoms with van der Waals surface area (Å²) >= 11 is 0. The summed E-state index contributed by atoms with van der Waals surface area (Å²) in [7, 11) is 0. The third-order valence-electron chi connectivity index (χ3n) is 2.77. The quantitative estimate of drug-likeness (QED) is 0.610. The summed E-state index contributed by atoms with van der Waals surface area (Å²) in [6, 6.07) is 0. The maximum absolute atomic E-state index is 5.58. The molecule has 0 amide bonds. The molecular formula is C13H30N2. The average molecular weight is 214 g/mol. The van der Waals surface area contributed by atoms with Gasteiger partial charge in [-0.3, -0.25) is 0 Å². The summed E-state index contributed by atoms with van der Waals surface area (Å²) in [4.78, 5) is 0. The molecule has 0 aliphatic carbocycles. The molecule has 0 aliphatic rings. The van der Waals surface area contributed by atoms with Crippen LogP contribution in [0.5, 0.6) is 0 Å². The molecular weight excluding hydrogens is 184 g/mol. The predicted molar refractivity (Wildman–Crippen MR) is 69.0 cm³/mol. The van der Waals surface area contributed by atoms with Crippen LogP contribution in [0.15, 0.2) is 0 Å². The van der Waals surface area contributed by atoms with Crippen molar-refractivity contribution in [2.45, 2.75) is 53.4 Å². The second-order valence-corrected chi connectivity index (χ2v) is 5.73. The van der Waals surface area contributed by atoms with Gasteiger partial charge < -0.3 is 11.1 Å². The zero-order valence-electron chi connectivity index (χ0n) is 11.1. The molecule has 0 aromatic carbocycles. The Bertz CT molecular complexity index is 138. The lowest BCUT2D eigenvalue weighted by molar-refractivity contribution is 0.366. The second kappa shape index (κ2) is 8.12. The molecule has 0 saturated carbocycles. The molecule has 3 N–H and O–H groups in total. The zero-order valence-corrected chi connectivity index (χ0v) is 11.1. The minimum atomic E-state index is 0.404. The first kappa shape index (κ1) is 14.9. The number of nitrogens with two attached hydrogens (primary N) is 1. The fraction of sp³-hybridized carbons (Fsp3) is 1.00. The summed E-state index contributed by atoms with van der Waals surface area (Å²) in [5.74, 6) is 0.839. The van der Waals surface area contributed by atoms with Gasteiger partial charge in [0.2, 0.25) is 0 Å². The maximum atomic E-state index is 5.58. The van der Waals surface area contributed by atoms with Gasteiger partial charge in [0, 0.05) is 0 Å². The highest BCUT2D eigenvalue weighted by molar-refractivity contribution is 4.65. The van der Waals surface area contributed by atoms with Crippen LogP contribution < -0.4 is 11.1 Å². The largest absolute Gasteiger partial charge is 0.330 e. The Morgan fingerprint density at radius 3 is 2.33 bits per heavy atom. The van der Waals surface area contributed by atoms with Gasteiger partial charge in [-0.2, -0.15) is 0 Å². The van der Waals surface area contributed by atoms with Gasteiger partial charge in [-0.25, -0.2) is 0 Å². The minimum absolute atomic E-state index is 0.404. The molecule has 0 spiro atoms. The van der Waals surface area contributed by atoms with Gasteiger partial charge in [0.15, 0.2) is 0 Å². The van der Waals surface area contributed by atoms with Crippen molar-refractivity contribution >= 4 is 0 Å². The average Bonchev–Trinajstić information content (AvgIpc) is 2.14. The van der Waals surface area contributed by atoms with E-state index in [1.165, 1.54) is 25.7 Å². The van der Waals surface area contributed by atoms with Gasteiger partial charge >= 0.3 is 0 Å². The molecule has 0 rings (SSSR count). The summed E-state index contributed by atoms with van der Waals surface area (Å²) < 4.78 is 0. The molecule has 0 fully saturated rings. The first-order chi connectivity index (χ1) is 6.99. The Kier molecular flexibility index (Phi) is 8.07. The van der Waals surface area contributed by atoms with E-state index in [1.54, 1.807) is 0 Å². The molecule has 0 aliphatic heterocycles. The molecule has 15 heavy (non-hydrogen) atoms. The van der Waals surface area contributed by atoms with Gasteiger partial charge in [0.05, 0.1) is 0 Å². The van der Waals surface area contributed by atoms with E-state index in [1.807, 2.05) is 0 Å². The van der Waals surface area contributed by atoms with Gasteiger partial charge in [-0.1, -0.05) is 34.1 Å². The van der Waals surface area contributed by atoms with E-state index in [0.717, 1.165) is 25.6 Å². The van der Waals surface area contributed by atoms with Crippen molar-refractivity contribution in [1.29, 1.82) is 0 Å². The Labute approximate surface area is 96.0 Å². The third kappa shape index (κ3) is 10.2. The number of hydrogen-bond donors (Lipinski definition) is 2. The van der Waals surface area contributed by atoms with Gasteiger partial charge in [0.25, 0.3) is 0 Å². The summed E-state index contributed by atoms with van der Waals surface area (Å²) in [5, 5.41) is 3.52. The Morgan fingerprint density at radius 1 is 1.20 bits per heavy atom. The summed E-state index contributed by atoms with van der Waals surface area (Å²) in [6.07, 6.45) is 5.08. The lowest BCUT2D eigenvalue weighted by Crippen LogP contribution is -2.27. The molecule has 1 atom stereocenters. The highest BCUT2D eigenvalue weighted by Crippen LogP contribution is 2.14. The number of hydrogen-bond acceptors (Lipinski definition) is 2. The zero-order chi connectivity index (χ0) is 11.7. The fourth-order valence-corrected chi connectivity index (χ4v) is 1.77. The lowest BCUT2D eigenvalue weighted by atomic mass is 9.95. The summed E-state index contributed by atoms with van der Waals surface area (Å²) in [5.41, 5.74) is 5.98. The fourth-order valence-electron chi connectivity index (χ4n) is 1.77. The molecule has 0 bridgehead atoms. The van der Waals surface area contributed by atoms with E-state index in [9.17, 15) is 0 Å². The SMILES string of the molecule is CCC(CCN)CCCNCC(C)(C)C. The van der Waals surface area contributed by atoms with Crippen LogP contribution in [-0.4, -0.2) is 19.6 Å². The van der Waals surface area contributed by atoms with E-state index in [2.05, 4.69) is 33.0 Å². The predicted octanol–water partition coefficient (Wildman–Crippen LogP) is 2.78. The molecule has 0 aromatic rings. The van der Waals surface area contributed by atoms with Crippen LogP contribution in [0.4, 0.5) is 0 Å². The molecule has 0 radical (unpaired) electrons. The van der Waals surface area contributed by atoms with Gasteiger partial charge in [-0.15, -0.1) is 0 Å². The lowest BCUT2D eigenvalue weighted by Gasteiger charge is -2.19. The standard InChI is InChI=1S/C13H30N2/c1-5-12(8-9-14)7-6-10-15-11-13(2,3)4/h12,15H,5-11,14H2,1-4H3. The van der Waals surface area contributed by atoms with E-state index in [4.69, 9.17) is 5.73 Å².